The Kier molecular flexibility index (Phi) is 5.14. The molecule has 0 saturated heterocycles. The number of hydrogen-bond acceptors (Lipinski definition) is 5. The summed E-state index contributed by atoms with van der Waals surface area (Å²) in [6.07, 6.45) is 2.56. The Balaban J connectivity index is 1.51. The van der Waals surface area contributed by atoms with Gasteiger partial charge in [0.2, 0.25) is 0 Å². The fraction of sp³-hybridized carbons (Fsp3) is 0.444. The lowest BCUT2D eigenvalue weighted by Gasteiger charge is -2.26. The fourth-order valence-corrected chi connectivity index (χ4v) is 3.08. The van der Waals surface area contributed by atoms with Crippen molar-refractivity contribution in [1.82, 2.24) is 10.2 Å². The number of anilines is 1. The first-order chi connectivity index (χ1) is 11.7. The molecule has 1 aromatic carbocycles. The summed E-state index contributed by atoms with van der Waals surface area (Å²) in [4.78, 5) is 0. The summed E-state index contributed by atoms with van der Waals surface area (Å²) >= 11 is 0. The van der Waals surface area contributed by atoms with Crippen molar-refractivity contribution < 1.29 is 9.84 Å². The van der Waals surface area contributed by atoms with Gasteiger partial charge in [0.1, 0.15) is 11.6 Å². The van der Waals surface area contributed by atoms with Crippen LogP contribution in [0.2, 0.25) is 0 Å². The van der Waals surface area contributed by atoms with Crippen LogP contribution >= 0.6 is 0 Å². The van der Waals surface area contributed by atoms with Crippen molar-refractivity contribution >= 4 is 5.82 Å². The van der Waals surface area contributed by atoms with Crippen molar-refractivity contribution in [2.75, 3.05) is 18.5 Å². The van der Waals surface area contributed by atoms with Crippen LogP contribution in [0.3, 0.4) is 0 Å². The summed E-state index contributed by atoms with van der Waals surface area (Å²) in [5.41, 5.74) is 3.76. The van der Waals surface area contributed by atoms with E-state index in [9.17, 15) is 5.11 Å². The number of nitriles is 1. The van der Waals surface area contributed by atoms with Gasteiger partial charge in [-0.1, -0.05) is 24.3 Å². The number of H-pyrrole nitrogens is 1. The van der Waals surface area contributed by atoms with Crippen molar-refractivity contribution in [1.29, 1.82) is 5.26 Å². The molecule has 0 spiro atoms. The van der Waals surface area contributed by atoms with E-state index in [1.165, 1.54) is 11.1 Å². The number of nitrogens with zero attached hydrogens (tertiary/aromatic N) is 2. The molecule has 0 saturated carbocycles. The van der Waals surface area contributed by atoms with Crippen LogP contribution in [-0.4, -0.2) is 34.6 Å². The molecule has 6 nitrogen and oxygen atoms in total. The van der Waals surface area contributed by atoms with E-state index in [1.54, 1.807) is 6.92 Å². The molecule has 0 unspecified atom stereocenters. The van der Waals surface area contributed by atoms with Crippen LogP contribution in [0.15, 0.2) is 24.3 Å². The highest BCUT2D eigenvalue weighted by Crippen LogP contribution is 2.32. The van der Waals surface area contributed by atoms with Crippen LogP contribution < -0.4 is 5.32 Å². The van der Waals surface area contributed by atoms with Gasteiger partial charge in [-0.05, 0) is 37.3 Å². The number of nitrogens with one attached hydrogen (secondary N) is 2. The molecule has 6 heteroatoms. The molecule has 3 rings (SSSR count). The summed E-state index contributed by atoms with van der Waals surface area (Å²) in [7, 11) is 0. The smallest absolute Gasteiger partial charge is 0.166 e. The van der Waals surface area contributed by atoms with E-state index in [0.717, 1.165) is 19.3 Å². The maximum Gasteiger partial charge on any atom is 0.166 e. The number of fused-ring (bicyclic) bond motifs is 1. The van der Waals surface area contributed by atoms with Gasteiger partial charge in [0.15, 0.2) is 5.82 Å². The topological polar surface area (TPSA) is 94.0 Å². The zero-order valence-corrected chi connectivity index (χ0v) is 13.7. The minimum atomic E-state index is -0.664. The van der Waals surface area contributed by atoms with Gasteiger partial charge in [-0.2, -0.15) is 10.4 Å². The first kappa shape index (κ1) is 16.5. The summed E-state index contributed by atoms with van der Waals surface area (Å²) in [6.45, 7) is 2.32. The number of aliphatic hydroxyl groups excluding tert-OH is 1. The predicted molar refractivity (Wildman–Crippen MR) is 90.6 cm³/mol. The van der Waals surface area contributed by atoms with Crippen LogP contribution in [0.4, 0.5) is 5.82 Å². The standard InChI is InChI=1S/C18H22N4O2/c1-12-16(9-19)18(22-21-12)20-10-14(23)11-24-17-8-4-6-13-5-2-3-7-15(13)17/h2-3,5,7,14,17,23H,4,6,8,10-11H2,1H3,(H2,20,21,22)/t14-,17-/m0/s1. The summed E-state index contributed by atoms with van der Waals surface area (Å²) in [5, 5.41) is 29.0. The molecule has 0 amide bonds. The number of aliphatic hydroxyl groups is 1. The maximum absolute atomic E-state index is 10.2. The molecule has 1 aliphatic rings. The second kappa shape index (κ2) is 7.47. The van der Waals surface area contributed by atoms with Crippen LogP contribution in [0.25, 0.3) is 0 Å². The average molecular weight is 326 g/mol. The van der Waals surface area contributed by atoms with Crippen molar-refractivity contribution in [2.45, 2.75) is 38.4 Å². The van der Waals surface area contributed by atoms with Gasteiger partial charge in [0.25, 0.3) is 0 Å². The molecule has 2 atom stereocenters. The molecule has 24 heavy (non-hydrogen) atoms. The van der Waals surface area contributed by atoms with Crippen LogP contribution in [-0.2, 0) is 11.2 Å². The predicted octanol–water partition coefficient (Wildman–Crippen LogP) is 2.46. The van der Waals surface area contributed by atoms with E-state index in [0.29, 0.717) is 17.1 Å². The SMILES string of the molecule is Cc1[nH]nc(NC[C@H](O)CO[C@H]2CCCc3ccccc32)c1C#N. The normalized spacial score (nSPS) is 17.8. The second-order valence-electron chi connectivity index (χ2n) is 6.13. The zero-order chi connectivity index (χ0) is 16.9. The molecule has 1 aliphatic carbocycles. The molecule has 0 fully saturated rings. The molecule has 2 aromatic rings. The number of ether oxygens (including phenoxy) is 1. The summed E-state index contributed by atoms with van der Waals surface area (Å²) in [5.74, 6) is 0.470. The van der Waals surface area contributed by atoms with E-state index in [-0.39, 0.29) is 19.3 Å². The largest absolute Gasteiger partial charge is 0.389 e. The maximum atomic E-state index is 10.2. The molecule has 0 radical (unpaired) electrons. The lowest BCUT2D eigenvalue weighted by Crippen LogP contribution is -2.27. The molecular formula is C18H22N4O2. The van der Waals surface area contributed by atoms with Crippen molar-refractivity contribution in [2.24, 2.45) is 0 Å². The third kappa shape index (κ3) is 3.58. The van der Waals surface area contributed by atoms with Gasteiger partial charge in [-0.15, -0.1) is 0 Å². The highest BCUT2D eigenvalue weighted by Gasteiger charge is 2.21. The van der Waals surface area contributed by atoms with E-state index >= 15 is 0 Å². The van der Waals surface area contributed by atoms with E-state index in [1.807, 2.05) is 6.07 Å². The van der Waals surface area contributed by atoms with Gasteiger partial charge >= 0.3 is 0 Å². The Morgan fingerprint density at radius 1 is 1.50 bits per heavy atom. The van der Waals surface area contributed by atoms with Crippen LogP contribution in [0.1, 0.15) is 41.3 Å². The first-order valence-corrected chi connectivity index (χ1v) is 8.25. The van der Waals surface area contributed by atoms with Crippen molar-refractivity contribution in [3.63, 3.8) is 0 Å². The summed E-state index contributed by atoms with van der Waals surface area (Å²) in [6, 6.07) is 10.4. The number of benzene rings is 1. The third-order valence-electron chi connectivity index (χ3n) is 4.37. The Morgan fingerprint density at radius 2 is 2.33 bits per heavy atom. The molecule has 1 aromatic heterocycles. The third-order valence-corrected chi connectivity index (χ3v) is 4.37. The molecule has 126 valence electrons. The minimum absolute atomic E-state index is 0.0481. The Hall–Kier alpha value is -2.36. The van der Waals surface area contributed by atoms with E-state index in [4.69, 9.17) is 10.00 Å². The molecule has 0 bridgehead atoms. The van der Waals surface area contributed by atoms with E-state index in [2.05, 4.69) is 39.8 Å². The zero-order valence-electron chi connectivity index (χ0n) is 13.7. The lowest BCUT2D eigenvalue weighted by molar-refractivity contribution is -0.0129. The van der Waals surface area contributed by atoms with Gasteiger partial charge < -0.3 is 15.2 Å². The number of aromatic nitrogens is 2. The second-order valence-corrected chi connectivity index (χ2v) is 6.13. The number of aromatic amines is 1. The van der Waals surface area contributed by atoms with Crippen LogP contribution in [0, 0.1) is 18.3 Å². The highest BCUT2D eigenvalue weighted by molar-refractivity contribution is 5.53. The first-order valence-electron chi connectivity index (χ1n) is 8.25. The van der Waals surface area contributed by atoms with E-state index < -0.39 is 6.10 Å². The van der Waals surface area contributed by atoms with Gasteiger partial charge in [0.05, 0.1) is 24.5 Å². The molecule has 1 heterocycles. The molecule has 0 aliphatic heterocycles. The van der Waals surface area contributed by atoms with Crippen LogP contribution in [0.5, 0.6) is 0 Å². The molecular weight excluding hydrogens is 304 g/mol. The molecule has 3 N–H and O–H groups in total. The highest BCUT2D eigenvalue weighted by atomic mass is 16.5. The number of rotatable bonds is 6. The van der Waals surface area contributed by atoms with Gasteiger partial charge in [0, 0.05) is 6.54 Å². The van der Waals surface area contributed by atoms with Gasteiger partial charge in [-0.3, -0.25) is 5.10 Å². The minimum Gasteiger partial charge on any atom is -0.389 e. The average Bonchev–Trinajstić information content (AvgIpc) is 2.97. The van der Waals surface area contributed by atoms with Crippen molar-refractivity contribution in [3.8, 4) is 6.07 Å². The lowest BCUT2D eigenvalue weighted by atomic mass is 9.89. The van der Waals surface area contributed by atoms with Crippen molar-refractivity contribution in [3.05, 3.63) is 46.6 Å². The summed E-state index contributed by atoms with van der Waals surface area (Å²) < 4.78 is 5.94. The Morgan fingerprint density at radius 3 is 3.17 bits per heavy atom. The Bertz CT molecular complexity index is 735. The van der Waals surface area contributed by atoms with Gasteiger partial charge in [-0.25, -0.2) is 0 Å². The number of aryl methyl sites for hydroxylation is 2. The quantitative estimate of drug-likeness (QED) is 0.758. The Labute approximate surface area is 141 Å². The monoisotopic (exact) mass is 326 g/mol. The fourth-order valence-electron chi connectivity index (χ4n) is 3.08. The number of hydrogen-bond donors (Lipinski definition) is 3.